The smallest absolute Gasteiger partial charge is 0.416 e. The molecule has 0 aliphatic carbocycles. The second-order valence-electron chi connectivity index (χ2n) is 5.35. The van der Waals surface area contributed by atoms with E-state index >= 15 is 0 Å². The fourth-order valence-electron chi connectivity index (χ4n) is 2.21. The minimum Gasteiger partial charge on any atom is -0.492 e. The van der Waals surface area contributed by atoms with E-state index < -0.39 is 17.6 Å². The van der Waals surface area contributed by atoms with Crippen LogP contribution < -0.4 is 15.4 Å². The van der Waals surface area contributed by atoms with Crippen LogP contribution >= 0.6 is 11.6 Å². The van der Waals surface area contributed by atoms with Gasteiger partial charge in [0.15, 0.2) is 0 Å². The average Bonchev–Trinajstić information content (AvgIpc) is 2.57. The van der Waals surface area contributed by atoms with Gasteiger partial charge in [0.2, 0.25) is 5.91 Å². The maximum Gasteiger partial charge on any atom is 0.416 e. The van der Waals surface area contributed by atoms with Crippen molar-refractivity contribution >= 4 is 28.9 Å². The van der Waals surface area contributed by atoms with E-state index in [1.165, 1.54) is 0 Å². The quantitative estimate of drug-likeness (QED) is 0.687. The number of nitrogens with one attached hydrogen (secondary N) is 2. The molecule has 2 aromatic rings. The Labute approximate surface area is 154 Å². The molecule has 0 atom stereocenters. The Morgan fingerprint density at radius 1 is 1.15 bits per heavy atom. The van der Waals surface area contributed by atoms with Gasteiger partial charge in [-0.25, -0.2) is 0 Å². The van der Waals surface area contributed by atoms with E-state index in [-0.39, 0.29) is 23.7 Å². The molecule has 0 saturated heterocycles. The number of alkyl halides is 3. The van der Waals surface area contributed by atoms with Crippen molar-refractivity contribution in [1.82, 2.24) is 0 Å². The van der Waals surface area contributed by atoms with Crippen molar-refractivity contribution in [3.63, 3.8) is 0 Å². The molecule has 0 aromatic heterocycles. The summed E-state index contributed by atoms with van der Waals surface area (Å²) in [5.74, 6) is 0.212. The number of hydrogen-bond donors (Lipinski definition) is 2. The Bertz CT molecular complexity index is 766. The van der Waals surface area contributed by atoms with Gasteiger partial charge in [-0.15, -0.1) is 0 Å². The van der Waals surface area contributed by atoms with Gasteiger partial charge >= 0.3 is 6.18 Å². The lowest BCUT2D eigenvalue weighted by Gasteiger charge is -2.13. The SMILES string of the molecule is CCOc1ccccc1NCCC(=O)Nc1cc(C(F)(F)F)ccc1Cl. The van der Waals surface area contributed by atoms with E-state index in [1.807, 2.05) is 25.1 Å². The van der Waals surface area contributed by atoms with Crippen molar-refractivity contribution in [3.05, 3.63) is 53.1 Å². The van der Waals surface area contributed by atoms with Gasteiger partial charge in [0.1, 0.15) is 5.75 Å². The fraction of sp³-hybridized carbons (Fsp3) is 0.278. The second kappa shape index (κ2) is 8.80. The van der Waals surface area contributed by atoms with Crippen LogP contribution in [-0.4, -0.2) is 19.1 Å². The number of para-hydroxylation sites is 2. The highest BCUT2D eigenvalue weighted by molar-refractivity contribution is 6.33. The van der Waals surface area contributed by atoms with Crippen LogP contribution in [0.3, 0.4) is 0 Å². The predicted octanol–water partition coefficient (Wildman–Crippen LogP) is 5.20. The number of halogens is 4. The molecule has 0 bridgehead atoms. The van der Waals surface area contributed by atoms with E-state index in [4.69, 9.17) is 16.3 Å². The number of carbonyl (C=O) groups excluding carboxylic acids is 1. The normalized spacial score (nSPS) is 11.1. The molecule has 0 saturated carbocycles. The molecule has 0 aliphatic rings. The zero-order valence-corrected chi connectivity index (χ0v) is 14.7. The number of ether oxygens (including phenoxy) is 1. The van der Waals surface area contributed by atoms with Crippen molar-refractivity contribution in [2.24, 2.45) is 0 Å². The van der Waals surface area contributed by atoms with Crippen LogP contribution in [0, 0.1) is 0 Å². The van der Waals surface area contributed by atoms with Gasteiger partial charge in [0.05, 0.1) is 28.6 Å². The van der Waals surface area contributed by atoms with E-state index in [2.05, 4.69) is 10.6 Å². The molecule has 2 rings (SSSR count). The van der Waals surface area contributed by atoms with Crippen molar-refractivity contribution in [1.29, 1.82) is 0 Å². The first-order valence-corrected chi connectivity index (χ1v) is 8.31. The molecule has 0 spiro atoms. The molecule has 0 heterocycles. The monoisotopic (exact) mass is 386 g/mol. The predicted molar refractivity (Wildman–Crippen MR) is 95.8 cm³/mol. The van der Waals surface area contributed by atoms with Crippen molar-refractivity contribution in [3.8, 4) is 5.75 Å². The van der Waals surface area contributed by atoms with Crippen LogP contribution in [0.15, 0.2) is 42.5 Å². The van der Waals surface area contributed by atoms with Crippen LogP contribution in [0.4, 0.5) is 24.5 Å². The third kappa shape index (κ3) is 5.56. The third-order valence-corrected chi connectivity index (χ3v) is 3.75. The molecule has 0 radical (unpaired) electrons. The summed E-state index contributed by atoms with van der Waals surface area (Å²) in [6, 6.07) is 10.1. The highest BCUT2D eigenvalue weighted by atomic mass is 35.5. The van der Waals surface area contributed by atoms with Gasteiger partial charge in [0.25, 0.3) is 0 Å². The van der Waals surface area contributed by atoms with Crippen molar-refractivity contribution in [2.45, 2.75) is 19.5 Å². The Morgan fingerprint density at radius 3 is 2.58 bits per heavy atom. The number of benzene rings is 2. The topological polar surface area (TPSA) is 50.4 Å². The van der Waals surface area contributed by atoms with Crippen molar-refractivity contribution < 1.29 is 22.7 Å². The lowest BCUT2D eigenvalue weighted by Crippen LogP contribution is -2.17. The number of carbonyl (C=O) groups is 1. The molecule has 0 fully saturated rings. The maximum absolute atomic E-state index is 12.8. The number of hydrogen-bond acceptors (Lipinski definition) is 3. The molecular weight excluding hydrogens is 369 g/mol. The molecule has 0 unspecified atom stereocenters. The summed E-state index contributed by atoms with van der Waals surface area (Å²) in [6.45, 7) is 2.66. The Balaban J connectivity index is 1.94. The van der Waals surface area contributed by atoms with Crippen LogP contribution in [-0.2, 0) is 11.0 Å². The summed E-state index contributed by atoms with van der Waals surface area (Å²) in [7, 11) is 0. The van der Waals surface area contributed by atoms with Crippen LogP contribution in [0.1, 0.15) is 18.9 Å². The molecule has 0 aliphatic heterocycles. The summed E-state index contributed by atoms with van der Waals surface area (Å²) in [5, 5.41) is 5.52. The highest BCUT2D eigenvalue weighted by Gasteiger charge is 2.31. The standard InChI is InChI=1S/C18H18ClF3N2O2/c1-2-26-16-6-4-3-5-14(16)23-10-9-17(25)24-15-11-12(18(20,21)22)7-8-13(15)19/h3-8,11,23H,2,9-10H2,1H3,(H,24,25). The molecule has 8 heteroatoms. The lowest BCUT2D eigenvalue weighted by atomic mass is 10.2. The lowest BCUT2D eigenvalue weighted by molar-refractivity contribution is -0.137. The summed E-state index contributed by atoms with van der Waals surface area (Å²) in [6.07, 6.45) is -4.46. The summed E-state index contributed by atoms with van der Waals surface area (Å²) < 4.78 is 43.7. The fourth-order valence-corrected chi connectivity index (χ4v) is 2.38. The van der Waals surface area contributed by atoms with Crippen LogP contribution in [0.5, 0.6) is 5.75 Å². The molecular formula is C18H18ClF3N2O2. The van der Waals surface area contributed by atoms with Gasteiger partial charge in [-0.05, 0) is 37.3 Å². The number of anilines is 2. The van der Waals surface area contributed by atoms with Crippen molar-refractivity contribution in [2.75, 3.05) is 23.8 Å². The summed E-state index contributed by atoms with van der Waals surface area (Å²) in [4.78, 5) is 12.0. The molecule has 1 amide bonds. The molecule has 4 nitrogen and oxygen atoms in total. The van der Waals surface area contributed by atoms with E-state index in [0.717, 1.165) is 23.9 Å². The molecule has 140 valence electrons. The molecule has 2 aromatic carbocycles. The third-order valence-electron chi connectivity index (χ3n) is 3.42. The zero-order valence-electron chi connectivity index (χ0n) is 14.0. The van der Waals surface area contributed by atoms with E-state index in [0.29, 0.717) is 12.4 Å². The van der Waals surface area contributed by atoms with Gasteiger partial charge in [-0.2, -0.15) is 13.2 Å². The molecule has 2 N–H and O–H groups in total. The van der Waals surface area contributed by atoms with Gasteiger partial charge in [-0.3, -0.25) is 4.79 Å². The Kier molecular flexibility index (Phi) is 6.74. The molecule has 26 heavy (non-hydrogen) atoms. The van der Waals surface area contributed by atoms with E-state index in [1.54, 1.807) is 6.07 Å². The van der Waals surface area contributed by atoms with Gasteiger partial charge in [0, 0.05) is 13.0 Å². The largest absolute Gasteiger partial charge is 0.492 e. The summed E-state index contributed by atoms with van der Waals surface area (Å²) >= 11 is 5.86. The Morgan fingerprint density at radius 2 is 1.88 bits per heavy atom. The first-order chi connectivity index (χ1) is 12.3. The second-order valence-corrected chi connectivity index (χ2v) is 5.75. The minimum atomic E-state index is -4.51. The average molecular weight is 387 g/mol. The first kappa shape index (κ1) is 19.9. The minimum absolute atomic E-state index is 0.0426. The summed E-state index contributed by atoms with van der Waals surface area (Å²) in [5.41, 5.74) is -0.207. The van der Waals surface area contributed by atoms with Crippen LogP contribution in [0.2, 0.25) is 5.02 Å². The maximum atomic E-state index is 12.8. The van der Waals surface area contributed by atoms with Gasteiger partial charge in [-0.1, -0.05) is 23.7 Å². The number of rotatable bonds is 7. The zero-order chi connectivity index (χ0) is 19.2. The Hall–Kier alpha value is -2.41. The highest BCUT2D eigenvalue weighted by Crippen LogP contribution is 2.33. The number of amides is 1. The van der Waals surface area contributed by atoms with E-state index in [9.17, 15) is 18.0 Å². The van der Waals surface area contributed by atoms with Crippen LogP contribution in [0.25, 0.3) is 0 Å². The van der Waals surface area contributed by atoms with Gasteiger partial charge < -0.3 is 15.4 Å². The first-order valence-electron chi connectivity index (χ1n) is 7.93.